The molecule has 1 saturated heterocycles. The summed E-state index contributed by atoms with van der Waals surface area (Å²) in [5.74, 6) is 0.855. The number of aliphatic imine (C=N–C) groups is 1. The molecule has 3 rings (SSSR count). The Morgan fingerprint density at radius 3 is 2.55 bits per heavy atom. The number of guanidine groups is 1. The standard InChI is InChI=1S/C23H35N5OS.HI/c1-5-24-23(25-11-10-22-16-30-19(4)27-22)26-12-20-8-6-7-9-21(20)15-28-13-17(2)29-18(3)14-28;/h6-9,16-18H,5,10-15H2,1-4H3,(H2,24,25,26);1H. The monoisotopic (exact) mass is 557 g/mol. The molecule has 1 fully saturated rings. The van der Waals surface area contributed by atoms with Crippen LogP contribution >= 0.6 is 35.3 Å². The van der Waals surface area contributed by atoms with Crippen LogP contribution in [0.1, 0.15) is 42.6 Å². The molecule has 0 bridgehead atoms. The molecule has 2 atom stereocenters. The summed E-state index contributed by atoms with van der Waals surface area (Å²) in [7, 11) is 0. The van der Waals surface area contributed by atoms with Crippen molar-refractivity contribution in [2.45, 2.75) is 59.4 Å². The highest BCUT2D eigenvalue weighted by Gasteiger charge is 2.22. The molecule has 1 aromatic carbocycles. The molecule has 0 amide bonds. The quantitative estimate of drug-likeness (QED) is 0.292. The van der Waals surface area contributed by atoms with E-state index < -0.39 is 0 Å². The van der Waals surface area contributed by atoms with Crippen LogP contribution < -0.4 is 10.6 Å². The fourth-order valence-corrected chi connectivity index (χ4v) is 4.51. The second-order valence-corrected chi connectivity index (χ2v) is 9.01. The van der Waals surface area contributed by atoms with Crippen molar-refractivity contribution < 1.29 is 4.74 Å². The summed E-state index contributed by atoms with van der Waals surface area (Å²) in [6.07, 6.45) is 1.47. The highest BCUT2D eigenvalue weighted by molar-refractivity contribution is 14.0. The highest BCUT2D eigenvalue weighted by atomic mass is 127. The molecule has 2 N–H and O–H groups in total. The van der Waals surface area contributed by atoms with Crippen LogP contribution in [-0.2, 0) is 24.2 Å². The van der Waals surface area contributed by atoms with Crippen LogP contribution in [0.2, 0.25) is 0 Å². The molecule has 2 aromatic rings. The van der Waals surface area contributed by atoms with Gasteiger partial charge in [0.15, 0.2) is 5.96 Å². The number of benzene rings is 1. The minimum absolute atomic E-state index is 0. The second-order valence-electron chi connectivity index (χ2n) is 7.95. The molecule has 0 aliphatic carbocycles. The van der Waals surface area contributed by atoms with Crippen molar-refractivity contribution in [1.29, 1.82) is 0 Å². The van der Waals surface area contributed by atoms with Crippen LogP contribution in [0.4, 0.5) is 0 Å². The van der Waals surface area contributed by atoms with Crippen LogP contribution in [0.5, 0.6) is 0 Å². The molecule has 6 nitrogen and oxygen atoms in total. The highest BCUT2D eigenvalue weighted by Crippen LogP contribution is 2.17. The molecule has 1 aromatic heterocycles. The number of hydrogen-bond acceptors (Lipinski definition) is 5. The average molecular weight is 558 g/mol. The molecule has 8 heteroatoms. The predicted octanol–water partition coefficient (Wildman–Crippen LogP) is 3.98. The summed E-state index contributed by atoms with van der Waals surface area (Å²) in [5, 5.41) is 10.0. The zero-order valence-electron chi connectivity index (χ0n) is 19.1. The Hall–Kier alpha value is -1.23. The van der Waals surface area contributed by atoms with Gasteiger partial charge in [-0.2, -0.15) is 0 Å². The summed E-state index contributed by atoms with van der Waals surface area (Å²) < 4.78 is 5.88. The van der Waals surface area contributed by atoms with Crippen molar-refractivity contribution in [2.75, 3.05) is 26.2 Å². The third-order valence-corrected chi connectivity index (χ3v) is 5.92. The second kappa shape index (κ2) is 13.3. The van der Waals surface area contributed by atoms with Crippen molar-refractivity contribution in [3.63, 3.8) is 0 Å². The molecule has 31 heavy (non-hydrogen) atoms. The van der Waals surface area contributed by atoms with Gasteiger partial charge in [0, 0.05) is 44.5 Å². The maximum Gasteiger partial charge on any atom is 0.191 e. The molecule has 0 spiro atoms. The van der Waals surface area contributed by atoms with Gasteiger partial charge < -0.3 is 15.4 Å². The van der Waals surface area contributed by atoms with Gasteiger partial charge in [-0.3, -0.25) is 4.90 Å². The molecule has 2 unspecified atom stereocenters. The number of nitrogens with zero attached hydrogens (tertiary/aromatic N) is 3. The minimum atomic E-state index is 0. The fourth-order valence-electron chi connectivity index (χ4n) is 3.86. The van der Waals surface area contributed by atoms with Crippen molar-refractivity contribution in [2.24, 2.45) is 4.99 Å². The van der Waals surface area contributed by atoms with Gasteiger partial charge in [-0.15, -0.1) is 35.3 Å². The smallest absolute Gasteiger partial charge is 0.191 e. The van der Waals surface area contributed by atoms with Crippen molar-refractivity contribution in [3.8, 4) is 0 Å². The zero-order chi connectivity index (χ0) is 21.3. The first-order chi connectivity index (χ1) is 14.5. The third kappa shape index (κ3) is 8.67. The van der Waals surface area contributed by atoms with E-state index >= 15 is 0 Å². The van der Waals surface area contributed by atoms with E-state index in [0.29, 0.717) is 6.54 Å². The van der Waals surface area contributed by atoms with Crippen LogP contribution in [0, 0.1) is 6.92 Å². The van der Waals surface area contributed by atoms with Gasteiger partial charge in [0.05, 0.1) is 29.5 Å². The van der Waals surface area contributed by atoms with Gasteiger partial charge in [-0.05, 0) is 38.8 Å². The lowest BCUT2D eigenvalue weighted by Crippen LogP contribution is -2.44. The topological polar surface area (TPSA) is 61.8 Å². The number of aromatic nitrogens is 1. The Kier molecular flexibility index (Phi) is 11.2. The minimum Gasteiger partial charge on any atom is -0.373 e. The van der Waals surface area contributed by atoms with Gasteiger partial charge in [-0.25, -0.2) is 9.98 Å². The number of morpholine rings is 1. The average Bonchev–Trinajstić information content (AvgIpc) is 3.11. The zero-order valence-corrected chi connectivity index (χ0v) is 22.2. The molecular weight excluding hydrogens is 521 g/mol. The lowest BCUT2D eigenvalue weighted by molar-refractivity contribution is -0.0705. The Bertz CT molecular complexity index is 818. The largest absolute Gasteiger partial charge is 0.373 e. The van der Waals surface area contributed by atoms with E-state index in [-0.39, 0.29) is 36.2 Å². The van der Waals surface area contributed by atoms with Crippen molar-refractivity contribution in [1.82, 2.24) is 20.5 Å². The first-order valence-electron chi connectivity index (χ1n) is 10.9. The number of nitrogens with one attached hydrogen (secondary N) is 2. The van der Waals surface area contributed by atoms with E-state index in [4.69, 9.17) is 9.73 Å². The SMILES string of the molecule is CCNC(=NCc1ccccc1CN1CC(C)OC(C)C1)NCCc1csc(C)n1.I. The summed E-state index contributed by atoms with van der Waals surface area (Å²) in [6, 6.07) is 8.63. The van der Waals surface area contributed by atoms with Crippen LogP contribution in [0.25, 0.3) is 0 Å². The van der Waals surface area contributed by atoms with Crippen LogP contribution in [-0.4, -0.2) is 54.2 Å². The summed E-state index contributed by atoms with van der Waals surface area (Å²) in [5.41, 5.74) is 3.76. The van der Waals surface area contributed by atoms with Crippen LogP contribution in [0.15, 0.2) is 34.6 Å². The predicted molar refractivity (Wildman–Crippen MR) is 141 cm³/mol. The molecule has 1 aliphatic rings. The molecule has 0 radical (unpaired) electrons. The van der Waals surface area contributed by atoms with Crippen LogP contribution in [0.3, 0.4) is 0 Å². The van der Waals surface area contributed by atoms with Crippen molar-refractivity contribution in [3.05, 3.63) is 51.5 Å². The lowest BCUT2D eigenvalue weighted by atomic mass is 10.1. The van der Waals surface area contributed by atoms with E-state index in [2.05, 4.69) is 70.9 Å². The number of thiazole rings is 1. The van der Waals surface area contributed by atoms with Crippen molar-refractivity contribution >= 4 is 41.3 Å². The van der Waals surface area contributed by atoms with Gasteiger partial charge >= 0.3 is 0 Å². The molecule has 2 heterocycles. The Morgan fingerprint density at radius 2 is 1.90 bits per heavy atom. The van der Waals surface area contributed by atoms with E-state index in [1.165, 1.54) is 11.1 Å². The van der Waals surface area contributed by atoms with Gasteiger partial charge in [-0.1, -0.05) is 24.3 Å². The van der Waals surface area contributed by atoms with Gasteiger partial charge in [0.2, 0.25) is 0 Å². The maximum absolute atomic E-state index is 5.88. The Balaban J connectivity index is 0.00000341. The maximum atomic E-state index is 5.88. The van der Waals surface area contributed by atoms with E-state index in [1.54, 1.807) is 11.3 Å². The third-order valence-electron chi connectivity index (χ3n) is 5.10. The number of ether oxygens (including phenoxy) is 1. The normalized spacial score (nSPS) is 19.7. The first kappa shape index (κ1) is 26.0. The summed E-state index contributed by atoms with van der Waals surface area (Å²) in [4.78, 5) is 11.9. The molecular formula is C23H36IN5OS. The number of hydrogen-bond donors (Lipinski definition) is 2. The Morgan fingerprint density at radius 1 is 1.19 bits per heavy atom. The van der Waals surface area contributed by atoms with E-state index in [0.717, 1.165) is 55.8 Å². The number of halogens is 1. The molecule has 1 aliphatic heterocycles. The molecule has 0 saturated carbocycles. The first-order valence-corrected chi connectivity index (χ1v) is 11.8. The lowest BCUT2D eigenvalue weighted by Gasteiger charge is -2.35. The number of aryl methyl sites for hydroxylation is 1. The van der Waals surface area contributed by atoms with Gasteiger partial charge in [0.1, 0.15) is 0 Å². The Labute approximate surface area is 207 Å². The van der Waals surface area contributed by atoms with E-state index in [9.17, 15) is 0 Å². The van der Waals surface area contributed by atoms with E-state index in [1.807, 2.05) is 6.92 Å². The fraction of sp³-hybridized carbons (Fsp3) is 0.565. The van der Waals surface area contributed by atoms with Gasteiger partial charge in [0.25, 0.3) is 0 Å². The summed E-state index contributed by atoms with van der Waals surface area (Å²) >= 11 is 1.70. The summed E-state index contributed by atoms with van der Waals surface area (Å²) in [6.45, 7) is 13.7. The molecule has 172 valence electrons. The number of rotatable bonds is 8.